The first-order valence-electron chi connectivity index (χ1n) is 4.44. The van der Waals surface area contributed by atoms with Gasteiger partial charge in [0.05, 0.1) is 0 Å². The van der Waals surface area contributed by atoms with E-state index < -0.39 is 0 Å². The lowest BCUT2D eigenvalue weighted by atomic mass is 10.2. The van der Waals surface area contributed by atoms with Crippen LogP contribution in [-0.2, 0) is 0 Å². The lowest BCUT2D eigenvalue weighted by Crippen LogP contribution is -1.74. The molecule has 0 aromatic carbocycles. The molecule has 62 valence electrons. The number of rotatable bonds is 2. The Kier molecular flexibility index (Phi) is 1.94. The van der Waals surface area contributed by atoms with Gasteiger partial charge in [0.25, 0.3) is 0 Å². The van der Waals surface area contributed by atoms with Gasteiger partial charge in [-0.1, -0.05) is 25.1 Å². The molecule has 2 unspecified atom stereocenters. The summed E-state index contributed by atoms with van der Waals surface area (Å²) >= 11 is 0. The van der Waals surface area contributed by atoms with E-state index in [0.717, 1.165) is 11.8 Å². The number of hydrogen-bond acceptors (Lipinski definition) is 1. The van der Waals surface area contributed by atoms with Crippen molar-refractivity contribution in [3.8, 4) is 0 Å². The van der Waals surface area contributed by atoms with Crippen LogP contribution < -0.4 is 0 Å². The van der Waals surface area contributed by atoms with E-state index in [-0.39, 0.29) is 0 Å². The summed E-state index contributed by atoms with van der Waals surface area (Å²) in [5.41, 5.74) is 1.21. The molecule has 1 heterocycles. The molecule has 0 radical (unpaired) electrons. The number of hydrogen-bond donors (Lipinski definition) is 0. The van der Waals surface area contributed by atoms with Crippen LogP contribution in [0, 0.1) is 11.8 Å². The molecule has 1 aromatic rings. The van der Waals surface area contributed by atoms with Crippen LogP contribution in [0.3, 0.4) is 0 Å². The van der Waals surface area contributed by atoms with Crippen molar-refractivity contribution in [3.05, 3.63) is 36.2 Å². The highest BCUT2D eigenvalue weighted by molar-refractivity contribution is 5.48. The van der Waals surface area contributed by atoms with Crippen molar-refractivity contribution >= 4 is 6.08 Å². The average molecular weight is 159 g/mol. The molecular formula is C11H13N. The van der Waals surface area contributed by atoms with Crippen molar-refractivity contribution in [1.82, 2.24) is 4.98 Å². The van der Waals surface area contributed by atoms with Crippen LogP contribution in [-0.4, -0.2) is 4.98 Å². The fraction of sp³-hybridized carbons (Fsp3) is 0.364. The summed E-state index contributed by atoms with van der Waals surface area (Å²) in [6.07, 6.45) is 9.51. The first kappa shape index (κ1) is 7.53. The minimum absolute atomic E-state index is 0.824. The summed E-state index contributed by atoms with van der Waals surface area (Å²) in [5.74, 6) is 1.73. The zero-order valence-electron chi connectivity index (χ0n) is 7.27. The Hall–Kier alpha value is -1.11. The number of aromatic nitrogens is 1. The van der Waals surface area contributed by atoms with Crippen LogP contribution in [0.2, 0.25) is 0 Å². The van der Waals surface area contributed by atoms with Crippen molar-refractivity contribution in [2.75, 3.05) is 0 Å². The molecule has 0 N–H and O–H groups in total. The Balaban J connectivity index is 1.99. The maximum Gasteiger partial charge on any atom is 0.0340 e. The van der Waals surface area contributed by atoms with Gasteiger partial charge in [-0.15, -0.1) is 0 Å². The van der Waals surface area contributed by atoms with Gasteiger partial charge in [0.15, 0.2) is 0 Å². The Bertz CT molecular complexity index is 276. The van der Waals surface area contributed by atoms with E-state index in [9.17, 15) is 0 Å². The number of allylic oxidation sites excluding steroid dienone is 1. The molecule has 0 bridgehead atoms. The molecule has 1 aliphatic rings. The van der Waals surface area contributed by atoms with Gasteiger partial charge in [-0.05, 0) is 29.9 Å². The lowest BCUT2D eigenvalue weighted by molar-refractivity contribution is 0.902. The first-order valence-corrected chi connectivity index (χ1v) is 4.44. The largest absolute Gasteiger partial charge is 0.264 e. The van der Waals surface area contributed by atoms with Gasteiger partial charge in [-0.3, -0.25) is 4.98 Å². The molecule has 1 aromatic heterocycles. The van der Waals surface area contributed by atoms with Gasteiger partial charge < -0.3 is 0 Å². The molecule has 0 amide bonds. The van der Waals surface area contributed by atoms with E-state index in [1.165, 1.54) is 12.0 Å². The molecule has 12 heavy (non-hydrogen) atoms. The second-order valence-electron chi connectivity index (χ2n) is 3.52. The molecule has 1 fully saturated rings. The van der Waals surface area contributed by atoms with Crippen LogP contribution in [0.4, 0.5) is 0 Å². The van der Waals surface area contributed by atoms with Crippen LogP contribution in [0.1, 0.15) is 18.9 Å². The predicted octanol–water partition coefficient (Wildman–Crippen LogP) is 2.75. The quantitative estimate of drug-likeness (QED) is 0.646. The molecular weight excluding hydrogens is 146 g/mol. The van der Waals surface area contributed by atoms with E-state index in [0.29, 0.717) is 0 Å². The second-order valence-corrected chi connectivity index (χ2v) is 3.52. The van der Waals surface area contributed by atoms with Gasteiger partial charge in [-0.25, -0.2) is 0 Å². The SMILES string of the molecule is CC1CC1/C=C/c1cccnc1. The van der Waals surface area contributed by atoms with E-state index in [1.807, 2.05) is 12.3 Å². The highest BCUT2D eigenvalue weighted by Gasteiger charge is 2.29. The van der Waals surface area contributed by atoms with Gasteiger partial charge in [-0.2, -0.15) is 0 Å². The Morgan fingerprint density at radius 1 is 1.58 bits per heavy atom. The summed E-state index contributed by atoms with van der Waals surface area (Å²) in [6, 6.07) is 4.05. The number of nitrogens with zero attached hydrogens (tertiary/aromatic N) is 1. The maximum absolute atomic E-state index is 4.05. The zero-order chi connectivity index (χ0) is 8.39. The molecule has 2 rings (SSSR count). The summed E-state index contributed by atoms with van der Waals surface area (Å²) in [4.78, 5) is 4.05. The zero-order valence-corrected chi connectivity index (χ0v) is 7.27. The Labute approximate surface area is 73.1 Å². The van der Waals surface area contributed by atoms with Crippen LogP contribution in [0.25, 0.3) is 6.08 Å². The monoisotopic (exact) mass is 159 g/mol. The topological polar surface area (TPSA) is 12.9 Å². The highest BCUT2D eigenvalue weighted by Crippen LogP contribution is 2.39. The molecule has 1 aliphatic carbocycles. The standard InChI is InChI=1S/C11H13N/c1-9-7-11(9)5-4-10-3-2-6-12-8-10/h2-6,8-9,11H,7H2,1H3/b5-4+. The van der Waals surface area contributed by atoms with Crippen molar-refractivity contribution in [1.29, 1.82) is 0 Å². The van der Waals surface area contributed by atoms with Crippen LogP contribution in [0.15, 0.2) is 30.6 Å². The molecule has 1 saturated carbocycles. The van der Waals surface area contributed by atoms with Crippen molar-refractivity contribution in [3.63, 3.8) is 0 Å². The van der Waals surface area contributed by atoms with Crippen LogP contribution >= 0.6 is 0 Å². The summed E-state index contributed by atoms with van der Waals surface area (Å²) < 4.78 is 0. The van der Waals surface area contributed by atoms with E-state index in [2.05, 4.69) is 30.1 Å². The molecule has 1 nitrogen and oxygen atoms in total. The summed E-state index contributed by atoms with van der Waals surface area (Å²) in [7, 11) is 0. The van der Waals surface area contributed by atoms with Crippen molar-refractivity contribution in [2.24, 2.45) is 11.8 Å². The normalized spacial score (nSPS) is 27.8. The van der Waals surface area contributed by atoms with E-state index in [1.54, 1.807) is 6.20 Å². The van der Waals surface area contributed by atoms with Crippen molar-refractivity contribution < 1.29 is 0 Å². The number of pyridine rings is 1. The summed E-state index contributed by atoms with van der Waals surface area (Å²) in [5, 5.41) is 0. The van der Waals surface area contributed by atoms with Crippen LogP contribution in [0.5, 0.6) is 0 Å². The third-order valence-corrected chi connectivity index (χ3v) is 2.39. The highest BCUT2D eigenvalue weighted by atomic mass is 14.6. The minimum Gasteiger partial charge on any atom is -0.264 e. The maximum atomic E-state index is 4.05. The Morgan fingerprint density at radius 3 is 3.00 bits per heavy atom. The molecule has 2 atom stereocenters. The molecule has 1 heteroatoms. The smallest absolute Gasteiger partial charge is 0.0340 e. The van der Waals surface area contributed by atoms with Gasteiger partial charge >= 0.3 is 0 Å². The van der Waals surface area contributed by atoms with Crippen molar-refractivity contribution in [2.45, 2.75) is 13.3 Å². The average Bonchev–Trinajstić information content (AvgIpc) is 2.81. The second kappa shape index (κ2) is 3.10. The Morgan fingerprint density at radius 2 is 2.42 bits per heavy atom. The van der Waals surface area contributed by atoms with E-state index in [4.69, 9.17) is 0 Å². The molecule has 0 aliphatic heterocycles. The third-order valence-electron chi connectivity index (χ3n) is 2.39. The first-order chi connectivity index (χ1) is 5.86. The fourth-order valence-corrected chi connectivity index (χ4v) is 1.33. The lowest BCUT2D eigenvalue weighted by Gasteiger charge is -1.89. The van der Waals surface area contributed by atoms with Gasteiger partial charge in [0.2, 0.25) is 0 Å². The fourth-order valence-electron chi connectivity index (χ4n) is 1.33. The summed E-state index contributed by atoms with van der Waals surface area (Å²) in [6.45, 7) is 2.29. The minimum atomic E-state index is 0.824. The van der Waals surface area contributed by atoms with Gasteiger partial charge in [0, 0.05) is 12.4 Å². The van der Waals surface area contributed by atoms with E-state index >= 15 is 0 Å². The third kappa shape index (κ3) is 1.73. The molecule has 0 spiro atoms. The van der Waals surface area contributed by atoms with Gasteiger partial charge in [0.1, 0.15) is 0 Å². The molecule has 0 saturated heterocycles. The predicted molar refractivity (Wildman–Crippen MR) is 50.5 cm³/mol.